The van der Waals surface area contributed by atoms with Crippen molar-refractivity contribution in [2.24, 2.45) is 5.92 Å². The molecule has 0 aliphatic heterocycles. The zero-order valence-electron chi connectivity index (χ0n) is 11.5. The second-order valence-corrected chi connectivity index (χ2v) is 5.60. The van der Waals surface area contributed by atoms with Gasteiger partial charge in [0.05, 0.1) is 4.47 Å². The second kappa shape index (κ2) is 7.89. The molecule has 0 aromatic heterocycles. The summed E-state index contributed by atoms with van der Waals surface area (Å²) in [5.74, 6) is -0.684. The number of benzene rings is 1. The van der Waals surface area contributed by atoms with Gasteiger partial charge < -0.3 is 15.2 Å². The van der Waals surface area contributed by atoms with Gasteiger partial charge in [-0.25, -0.2) is 4.79 Å². The number of nitrogens with one attached hydrogen (secondary N) is 1. The fraction of sp³-hybridized carbons (Fsp3) is 0.429. The number of rotatable bonds is 7. The van der Waals surface area contributed by atoms with Crippen LogP contribution in [-0.2, 0) is 4.79 Å². The number of ether oxygens (including phenoxy) is 1. The molecule has 110 valence electrons. The van der Waals surface area contributed by atoms with Crippen molar-refractivity contribution in [3.63, 3.8) is 0 Å². The maximum Gasteiger partial charge on any atom is 0.339 e. The topological polar surface area (TPSA) is 75.6 Å². The number of carboxylic acids is 1. The van der Waals surface area contributed by atoms with Crippen molar-refractivity contribution in [1.29, 1.82) is 0 Å². The molecule has 20 heavy (non-hydrogen) atoms. The predicted molar refractivity (Wildman–Crippen MR) is 79.1 cm³/mol. The minimum absolute atomic E-state index is 0.0226. The first-order valence-electron chi connectivity index (χ1n) is 6.33. The first kappa shape index (κ1) is 16.5. The summed E-state index contributed by atoms with van der Waals surface area (Å²) in [5.41, 5.74) is 0.0226. The molecule has 0 radical (unpaired) electrons. The number of carbonyl (C=O) groups is 2. The predicted octanol–water partition coefficient (Wildman–Crippen LogP) is 2.69. The van der Waals surface area contributed by atoms with E-state index < -0.39 is 5.97 Å². The Balaban J connectivity index is 2.57. The minimum Gasteiger partial charge on any atom is -0.482 e. The molecule has 1 aromatic carbocycles. The molecule has 0 spiro atoms. The Morgan fingerprint density at radius 1 is 1.40 bits per heavy atom. The van der Waals surface area contributed by atoms with Gasteiger partial charge in [-0.2, -0.15) is 0 Å². The molecule has 2 N–H and O–H groups in total. The molecule has 6 heteroatoms. The van der Waals surface area contributed by atoms with Crippen LogP contribution in [0, 0.1) is 5.92 Å². The van der Waals surface area contributed by atoms with E-state index in [9.17, 15) is 9.59 Å². The van der Waals surface area contributed by atoms with Crippen molar-refractivity contribution >= 4 is 27.8 Å². The summed E-state index contributed by atoms with van der Waals surface area (Å²) in [6, 6.07) is 4.70. The maximum absolute atomic E-state index is 11.6. The van der Waals surface area contributed by atoms with Crippen LogP contribution in [0.5, 0.6) is 5.75 Å². The van der Waals surface area contributed by atoms with Crippen molar-refractivity contribution in [2.45, 2.75) is 20.3 Å². The third-order valence-corrected chi connectivity index (χ3v) is 3.21. The number of carboxylic acid groups (broad SMARTS) is 1. The normalized spacial score (nSPS) is 10.4. The molecule has 0 fully saturated rings. The van der Waals surface area contributed by atoms with Crippen LogP contribution in [0.4, 0.5) is 0 Å². The molecule has 5 nitrogen and oxygen atoms in total. The number of aromatic carboxylic acids is 1. The summed E-state index contributed by atoms with van der Waals surface area (Å²) < 4.78 is 5.82. The van der Waals surface area contributed by atoms with Crippen LogP contribution in [-0.4, -0.2) is 30.1 Å². The largest absolute Gasteiger partial charge is 0.482 e. The molecule has 0 saturated heterocycles. The fourth-order valence-electron chi connectivity index (χ4n) is 1.51. The van der Waals surface area contributed by atoms with Gasteiger partial charge in [0.25, 0.3) is 5.91 Å². The molecular formula is C14H18BrNO4. The van der Waals surface area contributed by atoms with Crippen molar-refractivity contribution in [1.82, 2.24) is 5.32 Å². The van der Waals surface area contributed by atoms with Gasteiger partial charge in [-0.3, -0.25) is 4.79 Å². The summed E-state index contributed by atoms with van der Waals surface area (Å²) in [4.78, 5) is 22.7. The quantitative estimate of drug-likeness (QED) is 0.797. The fourth-order valence-corrected chi connectivity index (χ4v) is 1.99. The molecule has 0 aliphatic carbocycles. The molecule has 0 aliphatic rings. The van der Waals surface area contributed by atoms with E-state index in [0.29, 0.717) is 16.9 Å². The van der Waals surface area contributed by atoms with E-state index in [1.54, 1.807) is 12.1 Å². The van der Waals surface area contributed by atoms with Crippen LogP contribution in [0.15, 0.2) is 22.7 Å². The first-order chi connectivity index (χ1) is 9.41. The highest BCUT2D eigenvalue weighted by molar-refractivity contribution is 9.10. The highest BCUT2D eigenvalue weighted by atomic mass is 79.9. The molecule has 0 unspecified atom stereocenters. The van der Waals surface area contributed by atoms with E-state index in [2.05, 4.69) is 35.1 Å². The van der Waals surface area contributed by atoms with Crippen LogP contribution < -0.4 is 10.1 Å². The van der Waals surface area contributed by atoms with E-state index in [4.69, 9.17) is 9.84 Å². The van der Waals surface area contributed by atoms with Crippen LogP contribution in [0.25, 0.3) is 0 Å². The third kappa shape index (κ3) is 5.21. The van der Waals surface area contributed by atoms with Crippen molar-refractivity contribution < 1.29 is 19.4 Å². The van der Waals surface area contributed by atoms with Gasteiger partial charge in [-0.05, 0) is 40.4 Å². The summed E-state index contributed by atoms with van der Waals surface area (Å²) in [7, 11) is 0. The summed E-state index contributed by atoms with van der Waals surface area (Å²) in [5, 5.41) is 11.8. The Bertz CT molecular complexity index is 488. The summed E-state index contributed by atoms with van der Waals surface area (Å²) >= 11 is 3.22. The lowest BCUT2D eigenvalue weighted by Crippen LogP contribution is -2.30. The number of halogens is 1. The lowest BCUT2D eigenvalue weighted by molar-refractivity contribution is -0.123. The summed E-state index contributed by atoms with van der Waals surface area (Å²) in [6.07, 6.45) is 0.890. The molecular weight excluding hydrogens is 326 g/mol. The number of amides is 1. The Kier molecular flexibility index (Phi) is 6.51. The SMILES string of the molecule is CC(C)CCNC(=O)COc1c(Br)cccc1C(=O)O. The van der Waals surface area contributed by atoms with Gasteiger partial charge >= 0.3 is 5.97 Å². The van der Waals surface area contributed by atoms with E-state index in [-0.39, 0.29) is 23.8 Å². The maximum atomic E-state index is 11.6. The first-order valence-corrected chi connectivity index (χ1v) is 7.12. The Morgan fingerprint density at radius 3 is 2.70 bits per heavy atom. The van der Waals surface area contributed by atoms with Crippen molar-refractivity contribution in [3.05, 3.63) is 28.2 Å². The number of hydrogen-bond donors (Lipinski definition) is 2. The highest BCUT2D eigenvalue weighted by Crippen LogP contribution is 2.28. The van der Waals surface area contributed by atoms with Crippen molar-refractivity contribution in [2.75, 3.05) is 13.2 Å². The highest BCUT2D eigenvalue weighted by Gasteiger charge is 2.15. The molecule has 0 bridgehead atoms. The van der Waals surface area contributed by atoms with E-state index in [0.717, 1.165) is 6.42 Å². The monoisotopic (exact) mass is 343 g/mol. The molecule has 0 saturated carbocycles. The van der Waals surface area contributed by atoms with E-state index in [1.807, 2.05) is 0 Å². The van der Waals surface area contributed by atoms with Crippen LogP contribution in [0.3, 0.4) is 0 Å². The van der Waals surface area contributed by atoms with E-state index in [1.165, 1.54) is 6.07 Å². The van der Waals surface area contributed by atoms with Gasteiger partial charge in [0, 0.05) is 6.54 Å². The third-order valence-electron chi connectivity index (χ3n) is 2.59. The lowest BCUT2D eigenvalue weighted by atomic mass is 10.1. The Hall–Kier alpha value is -1.56. The van der Waals surface area contributed by atoms with Crippen LogP contribution >= 0.6 is 15.9 Å². The average molecular weight is 344 g/mol. The van der Waals surface area contributed by atoms with Crippen LogP contribution in [0.1, 0.15) is 30.6 Å². The van der Waals surface area contributed by atoms with Crippen molar-refractivity contribution in [3.8, 4) is 5.75 Å². The smallest absolute Gasteiger partial charge is 0.339 e. The lowest BCUT2D eigenvalue weighted by Gasteiger charge is -2.11. The van der Waals surface area contributed by atoms with Gasteiger partial charge in [-0.15, -0.1) is 0 Å². The van der Waals surface area contributed by atoms with Crippen LogP contribution in [0.2, 0.25) is 0 Å². The van der Waals surface area contributed by atoms with E-state index >= 15 is 0 Å². The number of hydrogen-bond acceptors (Lipinski definition) is 3. The van der Waals surface area contributed by atoms with Gasteiger partial charge in [0.1, 0.15) is 11.3 Å². The van der Waals surface area contributed by atoms with Gasteiger partial charge in [0.2, 0.25) is 0 Å². The molecule has 1 aromatic rings. The number of carbonyl (C=O) groups excluding carboxylic acids is 1. The molecule has 1 amide bonds. The number of para-hydroxylation sites is 1. The van der Waals surface area contributed by atoms with Gasteiger partial charge in [0.15, 0.2) is 6.61 Å². The average Bonchev–Trinajstić information content (AvgIpc) is 2.36. The molecule has 0 atom stereocenters. The second-order valence-electron chi connectivity index (χ2n) is 4.74. The Morgan fingerprint density at radius 2 is 2.10 bits per heavy atom. The Labute approximate surface area is 126 Å². The zero-order chi connectivity index (χ0) is 15.1. The zero-order valence-corrected chi connectivity index (χ0v) is 13.1. The molecule has 0 heterocycles. The molecule has 1 rings (SSSR count). The standard InChI is InChI=1S/C14H18BrNO4/c1-9(2)6-7-16-12(17)8-20-13-10(14(18)19)4-3-5-11(13)15/h3-5,9H,6-8H2,1-2H3,(H,16,17)(H,18,19). The summed E-state index contributed by atoms with van der Waals surface area (Å²) in [6.45, 7) is 4.52. The minimum atomic E-state index is -1.10. The van der Waals surface area contributed by atoms with Gasteiger partial charge in [-0.1, -0.05) is 19.9 Å².